The van der Waals surface area contributed by atoms with Gasteiger partial charge in [0.15, 0.2) is 0 Å². The van der Waals surface area contributed by atoms with Crippen LogP contribution in [0.15, 0.2) is 12.7 Å². The maximum Gasteiger partial charge on any atom is 0.330 e. The van der Waals surface area contributed by atoms with Crippen LogP contribution in [0.25, 0.3) is 0 Å². The lowest BCUT2D eigenvalue weighted by Crippen LogP contribution is -2.41. The second kappa shape index (κ2) is 4.63. The van der Waals surface area contributed by atoms with Crippen LogP contribution in [-0.2, 0) is 23.8 Å². The summed E-state index contributed by atoms with van der Waals surface area (Å²) in [6.07, 6.45) is 1.98. The summed E-state index contributed by atoms with van der Waals surface area (Å²) >= 11 is 0. The monoisotopic (exact) mass is 266 g/mol. The molecule has 2 bridgehead atoms. The number of hydrogen-bond donors (Lipinski definition) is 0. The Hall–Kier alpha value is -1.36. The summed E-state index contributed by atoms with van der Waals surface area (Å²) in [5, 5.41) is 0. The number of fused-ring (bicyclic) bond motifs is 1. The van der Waals surface area contributed by atoms with E-state index in [2.05, 4.69) is 6.58 Å². The van der Waals surface area contributed by atoms with Crippen LogP contribution >= 0.6 is 0 Å². The Balaban J connectivity index is 1.72. The zero-order valence-corrected chi connectivity index (χ0v) is 10.9. The van der Waals surface area contributed by atoms with E-state index in [4.69, 9.17) is 14.2 Å². The van der Waals surface area contributed by atoms with E-state index in [1.54, 1.807) is 0 Å². The highest BCUT2D eigenvalue weighted by Gasteiger charge is 2.63. The summed E-state index contributed by atoms with van der Waals surface area (Å²) in [5.74, 6) is 0.691. The highest BCUT2D eigenvalue weighted by molar-refractivity contribution is 5.81. The molecule has 5 nitrogen and oxygen atoms in total. The fourth-order valence-electron chi connectivity index (χ4n) is 4.03. The molecule has 1 heterocycles. The highest BCUT2D eigenvalue weighted by Crippen LogP contribution is 2.58. The third kappa shape index (κ3) is 1.96. The maximum atomic E-state index is 11.4. The molecule has 0 N–H and O–H groups in total. The molecule has 1 aliphatic heterocycles. The molecule has 0 aromatic rings. The molecule has 6 atom stereocenters. The molecule has 0 spiro atoms. The minimum Gasteiger partial charge on any atom is -0.466 e. The van der Waals surface area contributed by atoms with Gasteiger partial charge >= 0.3 is 11.9 Å². The number of carbonyl (C=O) groups is 2. The molecule has 104 valence electrons. The second-order valence-electron chi connectivity index (χ2n) is 5.60. The predicted octanol–water partition coefficient (Wildman–Crippen LogP) is 0.928. The number of carbonyl (C=O) groups excluding carboxylic acids is 2. The molecule has 0 amide bonds. The van der Waals surface area contributed by atoms with Gasteiger partial charge in [0, 0.05) is 24.8 Å². The topological polar surface area (TPSA) is 61.8 Å². The average molecular weight is 266 g/mol. The third-order valence-electron chi connectivity index (χ3n) is 4.74. The van der Waals surface area contributed by atoms with E-state index in [1.807, 2.05) is 0 Å². The van der Waals surface area contributed by atoms with Gasteiger partial charge in [-0.15, -0.1) is 0 Å². The molecule has 6 unspecified atom stereocenters. The van der Waals surface area contributed by atoms with Crippen LogP contribution in [0.1, 0.15) is 13.3 Å². The van der Waals surface area contributed by atoms with Gasteiger partial charge in [0.25, 0.3) is 0 Å². The fourth-order valence-corrected chi connectivity index (χ4v) is 4.03. The van der Waals surface area contributed by atoms with Crippen molar-refractivity contribution in [2.75, 3.05) is 13.2 Å². The van der Waals surface area contributed by atoms with Crippen molar-refractivity contribution in [2.45, 2.75) is 25.6 Å². The van der Waals surface area contributed by atoms with E-state index >= 15 is 0 Å². The second-order valence-corrected chi connectivity index (χ2v) is 5.60. The minimum absolute atomic E-state index is 0.0208. The van der Waals surface area contributed by atoms with E-state index in [0.29, 0.717) is 25.0 Å². The van der Waals surface area contributed by atoms with Gasteiger partial charge in [-0.05, 0) is 18.3 Å². The lowest BCUT2D eigenvalue weighted by Gasteiger charge is -2.32. The Morgan fingerprint density at radius 1 is 1.37 bits per heavy atom. The first-order chi connectivity index (χ1) is 9.11. The summed E-state index contributed by atoms with van der Waals surface area (Å²) in [5.41, 5.74) is 0. The van der Waals surface area contributed by atoms with Crippen LogP contribution in [0.3, 0.4) is 0 Å². The Labute approximate surface area is 111 Å². The third-order valence-corrected chi connectivity index (χ3v) is 4.74. The predicted molar refractivity (Wildman–Crippen MR) is 65.0 cm³/mol. The molecule has 2 saturated carbocycles. The molecule has 0 radical (unpaired) electrons. The van der Waals surface area contributed by atoms with Gasteiger partial charge in [-0.1, -0.05) is 6.58 Å². The summed E-state index contributed by atoms with van der Waals surface area (Å²) in [6.45, 7) is 5.92. The maximum absolute atomic E-state index is 11.4. The molecule has 2 aliphatic carbocycles. The van der Waals surface area contributed by atoms with Crippen LogP contribution in [-0.4, -0.2) is 37.4 Å². The quantitative estimate of drug-likeness (QED) is 0.559. The van der Waals surface area contributed by atoms with E-state index < -0.39 is 5.97 Å². The number of ether oxygens (including phenoxy) is 3. The standard InChI is InChI=1S/C14H18O5/c1-3-12(16)19-14-9-4-8-11(6-18-13(8)14)10(9)5-17-7(2)15/h3,8-11,13-14H,1,4-6H2,2H3. The Morgan fingerprint density at radius 2 is 2.16 bits per heavy atom. The summed E-state index contributed by atoms with van der Waals surface area (Å²) in [4.78, 5) is 22.4. The van der Waals surface area contributed by atoms with E-state index in [-0.39, 0.29) is 30.0 Å². The molecule has 3 aliphatic rings. The van der Waals surface area contributed by atoms with Crippen LogP contribution in [0.5, 0.6) is 0 Å². The SMILES string of the molecule is C=CC(=O)OC1C2CC3C(COC31)C2COC(C)=O. The smallest absolute Gasteiger partial charge is 0.330 e. The van der Waals surface area contributed by atoms with E-state index in [1.165, 1.54) is 13.0 Å². The van der Waals surface area contributed by atoms with Crippen molar-refractivity contribution in [3.05, 3.63) is 12.7 Å². The van der Waals surface area contributed by atoms with Crippen LogP contribution in [0, 0.1) is 23.7 Å². The average Bonchev–Trinajstić information content (AvgIpc) is 2.97. The Kier molecular flexibility index (Phi) is 3.09. The Morgan fingerprint density at radius 3 is 2.84 bits per heavy atom. The van der Waals surface area contributed by atoms with Crippen LogP contribution < -0.4 is 0 Å². The molecule has 5 heteroatoms. The normalized spacial score (nSPS) is 42.2. The molecule has 3 fully saturated rings. The molecular formula is C14H18O5. The first-order valence-corrected chi connectivity index (χ1v) is 6.70. The van der Waals surface area contributed by atoms with Gasteiger partial charge in [-0.2, -0.15) is 0 Å². The van der Waals surface area contributed by atoms with E-state index in [0.717, 1.165) is 6.42 Å². The lowest BCUT2D eigenvalue weighted by atomic mass is 9.79. The molecule has 19 heavy (non-hydrogen) atoms. The number of rotatable bonds is 4. The van der Waals surface area contributed by atoms with Gasteiger partial charge < -0.3 is 14.2 Å². The zero-order valence-electron chi connectivity index (χ0n) is 10.9. The van der Waals surface area contributed by atoms with Crippen molar-refractivity contribution in [1.82, 2.24) is 0 Å². The summed E-state index contributed by atoms with van der Waals surface area (Å²) < 4.78 is 16.4. The molecule has 1 saturated heterocycles. The van der Waals surface area contributed by atoms with Crippen molar-refractivity contribution in [1.29, 1.82) is 0 Å². The molecule has 3 rings (SSSR count). The first kappa shape index (κ1) is 12.7. The van der Waals surface area contributed by atoms with Crippen molar-refractivity contribution >= 4 is 11.9 Å². The fraction of sp³-hybridized carbons (Fsp3) is 0.714. The van der Waals surface area contributed by atoms with Crippen molar-refractivity contribution in [2.24, 2.45) is 23.7 Å². The molecular weight excluding hydrogens is 248 g/mol. The Bertz CT molecular complexity index is 418. The first-order valence-electron chi connectivity index (χ1n) is 6.70. The summed E-state index contributed by atoms with van der Waals surface area (Å²) in [6, 6.07) is 0. The number of esters is 2. The van der Waals surface area contributed by atoms with Crippen molar-refractivity contribution in [3.8, 4) is 0 Å². The van der Waals surface area contributed by atoms with Crippen molar-refractivity contribution < 1.29 is 23.8 Å². The molecule has 0 aromatic carbocycles. The zero-order chi connectivity index (χ0) is 13.6. The van der Waals surface area contributed by atoms with Crippen molar-refractivity contribution in [3.63, 3.8) is 0 Å². The summed E-state index contributed by atoms with van der Waals surface area (Å²) in [7, 11) is 0. The van der Waals surface area contributed by atoms with Crippen LogP contribution in [0.4, 0.5) is 0 Å². The van der Waals surface area contributed by atoms with Gasteiger partial charge in [0.2, 0.25) is 0 Å². The minimum atomic E-state index is -0.407. The van der Waals surface area contributed by atoms with E-state index in [9.17, 15) is 9.59 Å². The van der Waals surface area contributed by atoms with Crippen LogP contribution in [0.2, 0.25) is 0 Å². The lowest BCUT2D eigenvalue weighted by molar-refractivity contribution is -0.155. The highest BCUT2D eigenvalue weighted by atomic mass is 16.6. The van der Waals surface area contributed by atoms with Gasteiger partial charge in [-0.25, -0.2) is 4.79 Å². The number of hydrogen-bond acceptors (Lipinski definition) is 5. The van der Waals surface area contributed by atoms with Gasteiger partial charge in [0.1, 0.15) is 6.10 Å². The van der Waals surface area contributed by atoms with Gasteiger partial charge in [-0.3, -0.25) is 4.79 Å². The largest absolute Gasteiger partial charge is 0.466 e. The van der Waals surface area contributed by atoms with Gasteiger partial charge in [0.05, 0.1) is 19.3 Å². The molecule has 0 aromatic heterocycles.